The Balaban J connectivity index is 5.52. The second-order valence-corrected chi connectivity index (χ2v) is 5.74. The molecule has 0 unspecified atom stereocenters. The third-order valence-corrected chi connectivity index (χ3v) is 3.65. The molecular formula is C14H15F13. The topological polar surface area (TPSA) is 0 Å². The molecule has 0 fully saturated rings. The van der Waals surface area contributed by atoms with Gasteiger partial charge in [-0.15, -0.1) is 6.58 Å². The van der Waals surface area contributed by atoms with E-state index in [1.165, 1.54) is 6.08 Å². The first-order valence-corrected chi connectivity index (χ1v) is 7.38. The first kappa shape index (κ1) is 25.8. The van der Waals surface area contributed by atoms with Crippen LogP contribution in [0.25, 0.3) is 0 Å². The molecule has 0 aliphatic heterocycles. The van der Waals surface area contributed by atoms with E-state index in [4.69, 9.17) is 0 Å². The van der Waals surface area contributed by atoms with Gasteiger partial charge in [0.15, 0.2) is 0 Å². The molecule has 0 aliphatic carbocycles. The van der Waals surface area contributed by atoms with E-state index in [1.54, 1.807) is 0 Å². The van der Waals surface area contributed by atoms with Crippen molar-refractivity contribution in [2.24, 2.45) is 0 Å². The van der Waals surface area contributed by atoms with Gasteiger partial charge in [-0.05, 0) is 19.3 Å². The Hall–Kier alpha value is -1.17. The van der Waals surface area contributed by atoms with Crippen LogP contribution in [0.5, 0.6) is 0 Å². The van der Waals surface area contributed by atoms with Crippen LogP contribution in [-0.2, 0) is 0 Å². The highest BCUT2D eigenvalue weighted by Gasteiger charge is 2.90. The Morgan fingerprint density at radius 3 is 1.33 bits per heavy atom. The highest BCUT2D eigenvalue weighted by molar-refractivity contribution is 5.10. The molecule has 0 heterocycles. The van der Waals surface area contributed by atoms with Gasteiger partial charge < -0.3 is 0 Å². The Bertz CT molecular complexity index is 490. The second-order valence-electron chi connectivity index (χ2n) is 5.74. The van der Waals surface area contributed by atoms with Crippen LogP contribution in [0.1, 0.15) is 38.5 Å². The molecule has 0 amide bonds. The molecule has 162 valence electrons. The number of rotatable bonds is 11. The molecule has 0 saturated heterocycles. The van der Waals surface area contributed by atoms with Gasteiger partial charge in [-0.3, -0.25) is 0 Å². The summed E-state index contributed by atoms with van der Waals surface area (Å²) in [7, 11) is 0. The van der Waals surface area contributed by atoms with E-state index in [1.807, 2.05) is 0 Å². The van der Waals surface area contributed by atoms with Gasteiger partial charge in [0.05, 0.1) is 0 Å². The SMILES string of the molecule is C=CCCCCCCC(F)(F)C(F)(F)C(F)(F)C(F)(F)C(F)(F)C(F)(F)F. The molecule has 0 rings (SSSR count). The van der Waals surface area contributed by atoms with Gasteiger partial charge >= 0.3 is 35.8 Å². The minimum absolute atomic E-state index is 0.159. The zero-order valence-corrected chi connectivity index (χ0v) is 13.4. The third kappa shape index (κ3) is 4.64. The zero-order chi connectivity index (χ0) is 21.9. The van der Waals surface area contributed by atoms with Crippen molar-refractivity contribution in [3.05, 3.63) is 12.7 Å². The summed E-state index contributed by atoms with van der Waals surface area (Å²) in [4.78, 5) is 0. The van der Waals surface area contributed by atoms with Crippen LogP contribution in [0.15, 0.2) is 12.7 Å². The van der Waals surface area contributed by atoms with Crippen LogP contribution in [0.4, 0.5) is 57.1 Å². The van der Waals surface area contributed by atoms with Crippen molar-refractivity contribution in [1.82, 2.24) is 0 Å². The maximum atomic E-state index is 13.4. The predicted molar refractivity (Wildman–Crippen MR) is 68.7 cm³/mol. The van der Waals surface area contributed by atoms with Gasteiger partial charge in [-0.2, -0.15) is 57.1 Å². The highest BCUT2D eigenvalue weighted by atomic mass is 19.4. The first-order chi connectivity index (χ1) is 11.8. The molecule has 0 aromatic carbocycles. The van der Waals surface area contributed by atoms with Crippen LogP contribution >= 0.6 is 0 Å². The summed E-state index contributed by atoms with van der Waals surface area (Å²) in [6.45, 7) is 3.32. The molecule has 0 aromatic heterocycles. The molecule has 0 radical (unpaired) electrons. The predicted octanol–water partition coefficient (Wildman–Crippen LogP) is 7.25. The minimum atomic E-state index is -7.82. The van der Waals surface area contributed by atoms with Crippen LogP contribution in [-0.4, -0.2) is 35.8 Å². The van der Waals surface area contributed by atoms with E-state index in [0.29, 0.717) is 12.8 Å². The van der Waals surface area contributed by atoms with E-state index in [-0.39, 0.29) is 12.8 Å². The number of allylic oxidation sites excluding steroid dienone is 1. The fourth-order valence-corrected chi connectivity index (χ4v) is 1.95. The van der Waals surface area contributed by atoms with Crippen molar-refractivity contribution >= 4 is 0 Å². The Morgan fingerprint density at radius 2 is 0.926 bits per heavy atom. The van der Waals surface area contributed by atoms with Crippen molar-refractivity contribution in [2.45, 2.75) is 74.3 Å². The van der Waals surface area contributed by atoms with Crippen LogP contribution < -0.4 is 0 Å². The average Bonchev–Trinajstić information content (AvgIpc) is 2.48. The summed E-state index contributed by atoms with van der Waals surface area (Å²) in [5.74, 6) is -36.3. The summed E-state index contributed by atoms with van der Waals surface area (Å²) in [6, 6.07) is 0. The van der Waals surface area contributed by atoms with Crippen molar-refractivity contribution in [1.29, 1.82) is 0 Å². The van der Waals surface area contributed by atoms with Crippen LogP contribution in [0.2, 0.25) is 0 Å². The number of halogens is 13. The van der Waals surface area contributed by atoms with E-state index < -0.39 is 48.6 Å². The molecule has 0 aromatic rings. The molecule has 13 heteroatoms. The number of hydrogen-bond donors (Lipinski definition) is 0. The van der Waals surface area contributed by atoms with E-state index >= 15 is 0 Å². The van der Waals surface area contributed by atoms with E-state index in [2.05, 4.69) is 6.58 Å². The van der Waals surface area contributed by atoms with Gasteiger partial charge in [0, 0.05) is 6.42 Å². The van der Waals surface area contributed by atoms with E-state index in [0.717, 1.165) is 0 Å². The molecule has 0 bridgehead atoms. The monoisotopic (exact) mass is 430 g/mol. The lowest BCUT2D eigenvalue weighted by atomic mass is 9.91. The van der Waals surface area contributed by atoms with Gasteiger partial charge in [0.25, 0.3) is 0 Å². The largest absolute Gasteiger partial charge is 0.460 e. The summed E-state index contributed by atoms with van der Waals surface area (Å²) in [5.41, 5.74) is 0. The Labute approximate surface area is 145 Å². The molecule has 0 N–H and O–H groups in total. The molecule has 0 nitrogen and oxygen atoms in total. The van der Waals surface area contributed by atoms with Crippen LogP contribution in [0, 0.1) is 0 Å². The lowest BCUT2D eigenvalue weighted by molar-refractivity contribution is -0.440. The first-order valence-electron chi connectivity index (χ1n) is 7.38. The Morgan fingerprint density at radius 1 is 0.519 bits per heavy atom. The molecule has 0 aliphatic rings. The lowest BCUT2D eigenvalue weighted by Crippen LogP contribution is -2.70. The van der Waals surface area contributed by atoms with Crippen molar-refractivity contribution in [2.75, 3.05) is 0 Å². The minimum Gasteiger partial charge on any atom is -0.200 e. The highest BCUT2D eigenvalue weighted by Crippen LogP contribution is 2.60. The summed E-state index contributed by atoms with van der Waals surface area (Å²) in [6.07, 6.45) is -8.20. The quantitative estimate of drug-likeness (QED) is 0.184. The summed E-state index contributed by atoms with van der Waals surface area (Å²) >= 11 is 0. The Kier molecular flexibility index (Phi) is 7.71. The number of alkyl halides is 13. The van der Waals surface area contributed by atoms with Crippen LogP contribution in [0.3, 0.4) is 0 Å². The van der Waals surface area contributed by atoms with Gasteiger partial charge in [0.2, 0.25) is 0 Å². The molecule has 27 heavy (non-hydrogen) atoms. The standard InChI is InChI=1S/C14H15F13/c1-2-3-4-5-6-7-8-9(15,16)10(17,18)11(19,20)12(21,22)13(23,24)14(25,26)27/h2H,1,3-8H2. The fourth-order valence-electron chi connectivity index (χ4n) is 1.95. The fraction of sp³-hybridized carbons (Fsp3) is 0.857. The smallest absolute Gasteiger partial charge is 0.200 e. The van der Waals surface area contributed by atoms with Gasteiger partial charge in [0.1, 0.15) is 0 Å². The second kappa shape index (κ2) is 8.06. The number of unbranched alkanes of at least 4 members (excludes halogenated alkanes) is 4. The molecule has 0 saturated carbocycles. The van der Waals surface area contributed by atoms with Gasteiger partial charge in [-0.1, -0.05) is 18.9 Å². The normalized spacial score (nSPS) is 15.1. The molecular weight excluding hydrogens is 415 g/mol. The number of hydrogen-bond acceptors (Lipinski definition) is 0. The molecule has 0 atom stereocenters. The lowest BCUT2D eigenvalue weighted by Gasteiger charge is -2.39. The molecule has 0 spiro atoms. The maximum Gasteiger partial charge on any atom is 0.460 e. The van der Waals surface area contributed by atoms with Crippen molar-refractivity contribution in [3.63, 3.8) is 0 Å². The van der Waals surface area contributed by atoms with Gasteiger partial charge in [-0.25, -0.2) is 0 Å². The average molecular weight is 430 g/mol. The van der Waals surface area contributed by atoms with Crippen molar-refractivity contribution < 1.29 is 57.1 Å². The summed E-state index contributed by atoms with van der Waals surface area (Å²) in [5, 5.41) is 0. The van der Waals surface area contributed by atoms with Crippen molar-refractivity contribution in [3.8, 4) is 0 Å². The van der Waals surface area contributed by atoms with E-state index in [9.17, 15) is 57.1 Å². The maximum absolute atomic E-state index is 13.4. The third-order valence-electron chi connectivity index (χ3n) is 3.65. The summed E-state index contributed by atoms with van der Waals surface area (Å²) < 4.78 is 167. The zero-order valence-electron chi connectivity index (χ0n) is 13.4.